The largest absolute Gasteiger partial charge is 0.327 e. The van der Waals surface area contributed by atoms with Crippen LogP contribution in [0, 0.1) is 0 Å². The number of nitrogens with two attached hydrogens (primary N) is 1. The highest BCUT2D eigenvalue weighted by molar-refractivity contribution is 4.71. The molecule has 1 atom stereocenters. The van der Waals surface area contributed by atoms with Gasteiger partial charge in [0.15, 0.2) is 0 Å². The van der Waals surface area contributed by atoms with Gasteiger partial charge in [0, 0.05) is 12.6 Å². The molecule has 12 heavy (non-hydrogen) atoms. The van der Waals surface area contributed by atoms with Crippen molar-refractivity contribution in [1.82, 2.24) is 4.90 Å². The molecule has 1 fully saturated rings. The van der Waals surface area contributed by atoms with E-state index in [-0.39, 0.29) is 0 Å². The average molecular weight is 172 g/mol. The number of likely N-dealkylation sites (tertiary alicyclic amines) is 1. The fourth-order valence-electron chi connectivity index (χ4n) is 1.21. The molecule has 74 valence electrons. The second kappa shape index (κ2) is 7.56. The fraction of sp³-hybridized carbons (Fsp3) is 1.00. The third-order valence-electron chi connectivity index (χ3n) is 2.16. The molecule has 1 rings (SSSR count). The lowest BCUT2D eigenvalue weighted by atomic mass is 10.1. The fourth-order valence-corrected chi connectivity index (χ4v) is 1.21. The molecule has 1 saturated heterocycles. The smallest absolute Gasteiger partial charge is 0.0168 e. The summed E-state index contributed by atoms with van der Waals surface area (Å²) in [4.78, 5) is 2.29. The number of hydrogen-bond donors (Lipinski definition) is 1. The van der Waals surface area contributed by atoms with E-state index in [1.54, 1.807) is 0 Å². The Labute approximate surface area is 77.1 Å². The van der Waals surface area contributed by atoms with Gasteiger partial charge in [0.25, 0.3) is 0 Å². The maximum atomic E-state index is 5.68. The number of nitrogens with zero attached hydrogens (tertiary/aromatic N) is 1. The predicted octanol–water partition coefficient (Wildman–Crippen LogP) is 1.85. The van der Waals surface area contributed by atoms with Gasteiger partial charge in [-0.15, -0.1) is 0 Å². The zero-order valence-electron chi connectivity index (χ0n) is 8.84. The van der Waals surface area contributed by atoms with Crippen molar-refractivity contribution in [3.05, 3.63) is 0 Å². The van der Waals surface area contributed by atoms with Crippen LogP contribution in [-0.2, 0) is 0 Å². The molecular weight excluding hydrogens is 148 g/mol. The minimum Gasteiger partial charge on any atom is -0.327 e. The van der Waals surface area contributed by atoms with Crippen molar-refractivity contribution in [3.63, 3.8) is 0 Å². The Morgan fingerprint density at radius 3 is 2.17 bits per heavy atom. The van der Waals surface area contributed by atoms with Crippen LogP contribution in [0.3, 0.4) is 0 Å². The van der Waals surface area contributed by atoms with Crippen molar-refractivity contribution in [2.24, 2.45) is 5.73 Å². The molecule has 2 N–H and O–H groups in total. The third-order valence-corrected chi connectivity index (χ3v) is 2.16. The van der Waals surface area contributed by atoms with Crippen LogP contribution in [0.4, 0.5) is 0 Å². The van der Waals surface area contributed by atoms with Gasteiger partial charge in [0.1, 0.15) is 0 Å². The molecular formula is C10H24N2. The van der Waals surface area contributed by atoms with E-state index in [0.717, 1.165) is 6.54 Å². The molecule has 0 saturated carbocycles. The van der Waals surface area contributed by atoms with Gasteiger partial charge in [-0.3, -0.25) is 0 Å². The molecule has 0 amide bonds. The van der Waals surface area contributed by atoms with Gasteiger partial charge in [0.05, 0.1) is 0 Å². The van der Waals surface area contributed by atoms with Crippen LogP contribution in [0.2, 0.25) is 0 Å². The average Bonchev–Trinajstić information content (AvgIpc) is 2.04. The van der Waals surface area contributed by atoms with Gasteiger partial charge in [0.2, 0.25) is 0 Å². The van der Waals surface area contributed by atoms with Gasteiger partial charge in [-0.25, -0.2) is 0 Å². The van der Waals surface area contributed by atoms with Crippen molar-refractivity contribution in [2.45, 2.75) is 45.6 Å². The maximum Gasteiger partial charge on any atom is 0.0168 e. The third kappa shape index (κ3) is 6.62. The topological polar surface area (TPSA) is 29.3 Å². The highest BCUT2D eigenvalue weighted by Gasteiger charge is 2.11. The molecule has 1 aliphatic rings. The summed E-state index contributed by atoms with van der Waals surface area (Å²) in [5, 5.41) is 0. The first-order valence-corrected chi connectivity index (χ1v) is 5.14. The minimum atomic E-state index is 0.439. The lowest BCUT2D eigenvalue weighted by Crippen LogP contribution is -2.40. The van der Waals surface area contributed by atoms with E-state index >= 15 is 0 Å². The maximum absolute atomic E-state index is 5.68. The van der Waals surface area contributed by atoms with Gasteiger partial charge in [-0.2, -0.15) is 0 Å². The molecule has 0 spiro atoms. The first-order valence-electron chi connectivity index (χ1n) is 5.14. The van der Waals surface area contributed by atoms with Gasteiger partial charge >= 0.3 is 0 Å². The molecule has 0 aromatic rings. The first-order chi connectivity index (χ1) is 5.70. The minimum absolute atomic E-state index is 0.439. The van der Waals surface area contributed by atoms with Crippen LogP contribution in [0.25, 0.3) is 0 Å². The lowest BCUT2D eigenvalue weighted by molar-refractivity contribution is 0.252. The number of piperidine rings is 1. The summed E-state index contributed by atoms with van der Waals surface area (Å²) in [5.74, 6) is 0. The number of hydrogen-bond acceptors (Lipinski definition) is 2. The van der Waals surface area contributed by atoms with Crippen molar-refractivity contribution < 1.29 is 0 Å². The van der Waals surface area contributed by atoms with Gasteiger partial charge in [-0.1, -0.05) is 26.7 Å². The Kier molecular flexibility index (Phi) is 7.51. The molecule has 0 aromatic carbocycles. The van der Waals surface area contributed by atoms with Crippen molar-refractivity contribution in [1.29, 1.82) is 0 Å². The van der Waals surface area contributed by atoms with Crippen LogP contribution in [0.15, 0.2) is 0 Å². The highest BCUT2D eigenvalue weighted by atomic mass is 15.1. The summed E-state index contributed by atoms with van der Waals surface area (Å²) in [7, 11) is 2.12. The number of rotatable bonds is 1. The Morgan fingerprint density at radius 2 is 1.92 bits per heavy atom. The summed E-state index contributed by atoms with van der Waals surface area (Å²) < 4.78 is 0. The second-order valence-corrected chi connectivity index (χ2v) is 3.66. The SMILES string of the molecule is CCCC.CN1CCCC(N)C1. The molecule has 2 nitrogen and oxygen atoms in total. The summed E-state index contributed by atoms with van der Waals surface area (Å²) in [6, 6.07) is 0.439. The molecule has 1 heterocycles. The molecule has 2 heteroatoms. The van der Waals surface area contributed by atoms with Crippen LogP contribution in [-0.4, -0.2) is 31.1 Å². The second-order valence-electron chi connectivity index (χ2n) is 3.66. The first kappa shape index (κ1) is 11.9. The zero-order chi connectivity index (χ0) is 9.40. The Hall–Kier alpha value is -0.0800. The zero-order valence-corrected chi connectivity index (χ0v) is 8.84. The van der Waals surface area contributed by atoms with Crippen LogP contribution in [0.5, 0.6) is 0 Å². The van der Waals surface area contributed by atoms with Crippen LogP contribution < -0.4 is 5.73 Å². The molecule has 1 aliphatic heterocycles. The van der Waals surface area contributed by atoms with Gasteiger partial charge in [-0.05, 0) is 26.4 Å². The van der Waals surface area contributed by atoms with E-state index in [1.165, 1.54) is 32.2 Å². The lowest BCUT2D eigenvalue weighted by Gasteiger charge is -2.26. The normalized spacial score (nSPS) is 24.5. The van der Waals surface area contributed by atoms with Crippen LogP contribution in [0.1, 0.15) is 39.5 Å². The van der Waals surface area contributed by atoms with E-state index in [2.05, 4.69) is 25.8 Å². The Balaban J connectivity index is 0.000000261. The van der Waals surface area contributed by atoms with E-state index in [0.29, 0.717) is 6.04 Å². The molecule has 1 unspecified atom stereocenters. The Bertz CT molecular complexity index is 83.8. The van der Waals surface area contributed by atoms with Crippen molar-refractivity contribution >= 4 is 0 Å². The quantitative estimate of drug-likeness (QED) is 0.654. The predicted molar refractivity (Wildman–Crippen MR) is 55.3 cm³/mol. The summed E-state index contributed by atoms with van der Waals surface area (Å²) in [5.41, 5.74) is 5.68. The van der Waals surface area contributed by atoms with E-state index in [1.807, 2.05) is 0 Å². The van der Waals surface area contributed by atoms with E-state index in [9.17, 15) is 0 Å². The molecule has 0 aromatic heterocycles. The molecule has 0 radical (unpaired) electrons. The van der Waals surface area contributed by atoms with E-state index in [4.69, 9.17) is 5.73 Å². The summed E-state index contributed by atoms with van der Waals surface area (Å²) in [6.07, 6.45) is 5.13. The van der Waals surface area contributed by atoms with Crippen molar-refractivity contribution in [2.75, 3.05) is 20.1 Å². The van der Waals surface area contributed by atoms with Crippen molar-refractivity contribution in [3.8, 4) is 0 Å². The van der Waals surface area contributed by atoms with Crippen LogP contribution >= 0.6 is 0 Å². The number of likely N-dealkylation sites (N-methyl/N-ethyl adjacent to an activating group) is 1. The summed E-state index contributed by atoms with van der Waals surface area (Å²) in [6.45, 7) is 6.67. The summed E-state index contributed by atoms with van der Waals surface area (Å²) >= 11 is 0. The highest BCUT2D eigenvalue weighted by Crippen LogP contribution is 2.04. The monoisotopic (exact) mass is 172 g/mol. The number of unbranched alkanes of at least 4 members (excludes halogenated alkanes) is 1. The standard InChI is InChI=1S/C6H14N2.C4H10/c1-8-4-2-3-6(7)5-8;1-3-4-2/h6H,2-5,7H2,1H3;3-4H2,1-2H3. The Morgan fingerprint density at radius 1 is 1.33 bits per heavy atom. The van der Waals surface area contributed by atoms with E-state index < -0.39 is 0 Å². The molecule has 0 aliphatic carbocycles. The van der Waals surface area contributed by atoms with Gasteiger partial charge < -0.3 is 10.6 Å². The molecule has 0 bridgehead atoms.